The van der Waals surface area contributed by atoms with Crippen molar-refractivity contribution < 1.29 is 28.2 Å². The third kappa shape index (κ3) is 5.13. The number of nitrogens with zero attached hydrogens (tertiary/aromatic N) is 3. The summed E-state index contributed by atoms with van der Waals surface area (Å²) in [6.07, 6.45) is 2.97. The molecule has 3 aromatic rings. The van der Waals surface area contributed by atoms with Crippen molar-refractivity contribution in [1.82, 2.24) is 15.0 Å². The van der Waals surface area contributed by atoms with Crippen molar-refractivity contribution in [3.8, 4) is 17.1 Å². The second-order valence-corrected chi connectivity index (χ2v) is 8.76. The van der Waals surface area contributed by atoms with Gasteiger partial charge in [0.15, 0.2) is 5.67 Å². The SMILES string of the molecule is Cc1ncccc1-c1cc(C2(F)COC2)c(NC(=O)c2ccnc(C(C)(C)F)c2)c(OCCO)n1. The van der Waals surface area contributed by atoms with E-state index in [0.29, 0.717) is 17.0 Å². The predicted octanol–water partition coefficient (Wildman–Crippen LogP) is 3.87. The predicted molar refractivity (Wildman–Crippen MR) is 125 cm³/mol. The summed E-state index contributed by atoms with van der Waals surface area (Å²) in [4.78, 5) is 25.9. The quantitative estimate of drug-likeness (QED) is 0.500. The Morgan fingerprint density at radius 1 is 1.26 bits per heavy atom. The zero-order valence-corrected chi connectivity index (χ0v) is 19.6. The molecular weight excluding hydrogens is 458 g/mol. The summed E-state index contributed by atoms with van der Waals surface area (Å²) >= 11 is 0. The van der Waals surface area contributed by atoms with E-state index in [1.165, 1.54) is 38.2 Å². The van der Waals surface area contributed by atoms with Crippen LogP contribution in [0.15, 0.2) is 42.7 Å². The van der Waals surface area contributed by atoms with Crippen molar-refractivity contribution in [3.63, 3.8) is 0 Å². The lowest BCUT2D eigenvalue weighted by atomic mass is 9.91. The summed E-state index contributed by atoms with van der Waals surface area (Å²) in [5.74, 6) is -0.684. The summed E-state index contributed by atoms with van der Waals surface area (Å²) < 4.78 is 40.9. The first-order valence-electron chi connectivity index (χ1n) is 11.1. The molecule has 1 saturated heterocycles. The summed E-state index contributed by atoms with van der Waals surface area (Å²) in [6, 6.07) is 7.83. The maximum Gasteiger partial charge on any atom is 0.255 e. The molecule has 0 radical (unpaired) electrons. The number of aryl methyl sites for hydroxylation is 1. The van der Waals surface area contributed by atoms with Crippen molar-refractivity contribution in [2.75, 3.05) is 31.7 Å². The highest BCUT2D eigenvalue weighted by Crippen LogP contribution is 2.44. The fraction of sp³-hybridized carbons (Fsp3) is 0.360. The van der Waals surface area contributed by atoms with Crippen LogP contribution in [0.2, 0.25) is 0 Å². The molecule has 184 valence electrons. The molecule has 0 aromatic carbocycles. The first-order valence-corrected chi connectivity index (χ1v) is 11.1. The number of alkyl halides is 2. The summed E-state index contributed by atoms with van der Waals surface area (Å²) in [5, 5.41) is 12.0. The topological polar surface area (TPSA) is 106 Å². The molecule has 1 amide bonds. The van der Waals surface area contributed by atoms with Gasteiger partial charge in [-0.05, 0) is 51.1 Å². The van der Waals surface area contributed by atoms with E-state index < -0.39 is 17.2 Å². The number of amides is 1. The molecule has 2 N–H and O–H groups in total. The van der Waals surface area contributed by atoms with Crippen molar-refractivity contribution in [3.05, 3.63) is 65.2 Å². The van der Waals surface area contributed by atoms with Crippen LogP contribution in [0.4, 0.5) is 14.5 Å². The van der Waals surface area contributed by atoms with Gasteiger partial charge < -0.3 is 19.9 Å². The molecule has 0 atom stereocenters. The average Bonchev–Trinajstić information content (AvgIpc) is 2.81. The third-order valence-electron chi connectivity index (χ3n) is 5.61. The van der Waals surface area contributed by atoms with Crippen molar-refractivity contribution >= 4 is 11.6 Å². The number of aliphatic hydroxyl groups excluding tert-OH is 1. The van der Waals surface area contributed by atoms with Gasteiger partial charge in [-0.15, -0.1) is 0 Å². The molecule has 10 heteroatoms. The van der Waals surface area contributed by atoms with Gasteiger partial charge in [0.2, 0.25) is 5.88 Å². The van der Waals surface area contributed by atoms with Gasteiger partial charge in [-0.25, -0.2) is 13.8 Å². The van der Waals surface area contributed by atoms with Crippen LogP contribution < -0.4 is 10.1 Å². The lowest BCUT2D eigenvalue weighted by Gasteiger charge is -2.36. The zero-order valence-electron chi connectivity index (χ0n) is 19.6. The van der Waals surface area contributed by atoms with E-state index >= 15 is 4.39 Å². The Labute approximate surface area is 201 Å². The molecule has 1 aliphatic heterocycles. The number of carbonyl (C=O) groups is 1. The second kappa shape index (κ2) is 9.63. The Kier molecular flexibility index (Phi) is 6.77. The number of carbonyl (C=O) groups excluding carboxylic acids is 1. The van der Waals surface area contributed by atoms with Gasteiger partial charge in [-0.1, -0.05) is 0 Å². The molecule has 0 aliphatic carbocycles. The molecule has 8 nitrogen and oxygen atoms in total. The van der Waals surface area contributed by atoms with Gasteiger partial charge in [-0.2, -0.15) is 0 Å². The van der Waals surface area contributed by atoms with Crippen LogP contribution in [0.5, 0.6) is 5.88 Å². The summed E-state index contributed by atoms with van der Waals surface area (Å²) in [5.41, 5.74) is -1.57. The van der Waals surface area contributed by atoms with E-state index in [2.05, 4.69) is 20.3 Å². The average molecular weight is 485 g/mol. The van der Waals surface area contributed by atoms with Gasteiger partial charge in [0.05, 0.1) is 31.2 Å². The molecule has 4 rings (SSSR count). The number of anilines is 1. The molecule has 1 fully saturated rings. The number of aromatic nitrogens is 3. The van der Waals surface area contributed by atoms with E-state index in [1.54, 1.807) is 25.3 Å². The largest absolute Gasteiger partial charge is 0.474 e. The van der Waals surface area contributed by atoms with E-state index in [-0.39, 0.29) is 54.8 Å². The Balaban J connectivity index is 1.82. The zero-order chi connectivity index (χ0) is 25.2. The highest BCUT2D eigenvalue weighted by atomic mass is 19.1. The third-order valence-corrected chi connectivity index (χ3v) is 5.61. The molecule has 0 bridgehead atoms. The van der Waals surface area contributed by atoms with E-state index in [1.807, 2.05) is 0 Å². The van der Waals surface area contributed by atoms with Crippen molar-refractivity contribution in [2.45, 2.75) is 32.1 Å². The molecule has 4 heterocycles. The summed E-state index contributed by atoms with van der Waals surface area (Å²) in [7, 11) is 0. The fourth-order valence-corrected chi connectivity index (χ4v) is 3.65. The standard InChI is InChI=1S/C25H26F2N4O4/c1-15-17(5-4-7-28-15)19-12-18(25(27)13-34-14-25)21(23(30-19)35-10-9-32)31-22(33)16-6-8-29-20(11-16)24(2,3)26/h4-8,11-12,32H,9-10,13-14H2,1-3H3,(H,31,33). The van der Waals surface area contributed by atoms with Crippen LogP contribution in [-0.4, -0.2) is 52.4 Å². The van der Waals surface area contributed by atoms with Crippen LogP contribution in [-0.2, 0) is 16.1 Å². The molecule has 0 unspecified atom stereocenters. The minimum atomic E-state index is -1.89. The number of aliphatic hydroxyl groups is 1. The number of halogens is 2. The second-order valence-electron chi connectivity index (χ2n) is 8.76. The molecule has 35 heavy (non-hydrogen) atoms. The van der Waals surface area contributed by atoms with E-state index in [0.717, 1.165) is 0 Å². The van der Waals surface area contributed by atoms with Gasteiger partial charge >= 0.3 is 0 Å². The minimum Gasteiger partial charge on any atom is -0.474 e. The maximum absolute atomic E-state index is 15.8. The van der Waals surface area contributed by atoms with Crippen LogP contribution in [0.25, 0.3) is 11.3 Å². The minimum absolute atomic E-state index is 0.0115. The monoisotopic (exact) mass is 484 g/mol. The number of nitrogens with one attached hydrogen (secondary N) is 1. The van der Waals surface area contributed by atoms with Crippen LogP contribution in [0, 0.1) is 6.92 Å². The molecule has 3 aromatic heterocycles. The van der Waals surface area contributed by atoms with E-state index in [9.17, 15) is 14.3 Å². The Bertz CT molecular complexity index is 1240. The van der Waals surface area contributed by atoms with Crippen molar-refractivity contribution in [2.24, 2.45) is 0 Å². The molecule has 0 saturated carbocycles. The van der Waals surface area contributed by atoms with E-state index in [4.69, 9.17) is 9.47 Å². The van der Waals surface area contributed by atoms with Gasteiger partial charge in [0, 0.05) is 34.8 Å². The highest BCUT2D eigenvalue weighted by molar-refractivity contribution is 6.05. The first-order chi connectivity index (χ1) is 16.6. The maximum atomic E-state index is 15.8. The van der Waals surface area contributed by atoms with Crippen molar-refractivity contribution in [1.29, 1.82) is 0 Å². The normalized spacial score (nSPS) is 14.8. The summed E-state index contributed by atoms with van der Waals surface area (Å²) in [6.45, 7) is 3.61. The number of ether oxygens (including phenoxy) is 2. The Morgan fingerprint density at radius 2 is 2.03 bits per heavy atom. The lowest BCUT2D eigenvalue weighted by Crippen LogP contribution is -2.43. The van der Waals surface area contributed by atoms with Crippen LogP contribution in [0.1, 0.15) is 41.2 Å². The number of pyridine rings is 3. The van der Waals surface area contributed by atoms with Crippen LogP contribution >= 0.6 is 0 Å². The lowest BCUT2D eigenvalue weighted by molar-refractivity contribution is -0.134. The highest BCUT2D eigenvalue weighted by Gasteiger charge is 2.44. The number of hydrogen-bond acceptors (Lipinski definition) is 7. The first kappa shape index (κ1) is 24.6. The fourth-order valence-electron chi connectivity index (χ4n) is 3.65. The van der Waals surface area contributed by atoms with Gasteiger partial charge in [-0.3, -0.25) is 14.8 Å². The molecule has 0 spiro atoms. The van der Waals surface area contributed by atoms with Gasteiger partial charge in [0.1, 0.15) is 18.0 Å². The Hall–Kier alpha value is -3.50. The van der Waals surface area contributed by atoms with Gasteiger partial charge in [0.25, 0.3) is 5.91 Å². The molecule has 1 aliphatic rings. The van der Waals surface area contributed by atoms with Crippen LogP contribution in [0.3, 0.4) is 0 Å². The smallest absolute Gasteiger partial charge is 0.255 e. The Morgan fingerprint density at radius 3 is 2.66 bits per heavy atom. The number of hydrogen-bond donors (Lipinski definition) is 2. The molecular formula is C25H26F2N4O4. The number of rotatable bonds is 8.